The van der Waals surface area contributed by atoms with Gasteiger partial charge in [-0.25, -0.2) is 9.18 Å². The number of aliphatic hydroxyl groups is 2. The number of methoxy groups -OCH3 is 1. The standard InChI is InChI=1S/C10H13FN2O6/c1-18-10(4-14)7(16)6(11)8(19-10)13-3-2-5(15)12-9(13)17/h2-3,6-8,14,16H,4H2,1H3,(H,12,15,17). The summed E-state index contributed by atoms with van der Waals surface area (Å²) in [6, 6.07) is 1.01. The lowest BCUT2D eigenvalue weighted by Crippen LogP contribution is -2.47. The number of hydrogen-bond donors (Lipinski definition) is 3. The zero-order valence-corrected chi connectivity index (χ0v) is 9.95. The Morgan fingerprint density at radius 2 is 2.32 bits per heavy atom. The zero-order valence-electron chi connectivity index (χ0n) is 9.95. The van der Waals surface area contributed by atoms with E-state index < -0.39 is 42.1 Å². The molecule has 2 heterocycles. The summed E-state index contributed by atoms with van der Waals surface area (Å²) in [6.07, 6.45) is -4.25. The predicted octanol–water partition coefficient (Wildman–Crippen LogP) is -1.90. The van der Waals surface area contributed by atoms with Crippen molar-refractivity contribution in [1.29, 1.82) is 0 Å². The molecule has 0 amide bonds. The van der Waals surface area contributed by atoms with Crippen molar-refractivity contribution in [3.63, 3.8) is 0 Å². The topological polar surface area (TPSA) is 114 Å². The van der Waals surface area contributed by atoms with Gasteiger partial charge in [0.05, 0.1) is 0 Å². The second-order valence-corrected chi connectivity index (χ2v) is 4.09. The molecule has 0 bridgehead atoms. The minimum absolute atomic E-state index is 0.643. The van der Waals surface area contributed by atoms with E-state index in [2.05, 4.69) is 0 Å². The SMILES string of the molecule is COC1(CO)OC(n2ccc(=O)[nH]c2=O)C(F)C1O. The Morgan fingerprint density at radius 1 is 1.63 bits per heavy atom. The number of rotatable bonds is 3. The molecule has 1 saturated heterocycles. The van der Waals surface area contributed by atoms with Gasteiger partial charge in [-0.05, 0) is 0 Å². The molecule has 1 aliphatic heterocycles. The Balaban J connectivity index is 2.42. The zero-order chi connectivity index (χ0) is 14.2. The highest BCUT2D eigenvalue weighted by Gasteiger charge is 2.56. The number of nitrogens with one attached hydrogen (secondary N) is 1. The van der Waals surface area contributed by atoms with Crippen LogP contribution in [0.5, 0.6) is 0 Å². The first-order valence-corrected chi connectivity index (χ1v) is 5.42. The van der Waals surface area contributed by atoms with Crippen LogP contribution < -0.4 is 11.2 Å². The van der Waals surface area contributed by atoms with Crippen LogP contribution in [0.25, 0.3) is 0 Å². The lowest BCUT2D eigenvalue weighted by molar-refractivity contribution is -0.269. The number of aromatic amines is 1. The van der Waals surface area contributed by atoms with Crippen LogP contribution in [0.15, 0.2) is 21.9 Å². The highest BCUT2D eigenvalue weighted by atomic mass is 19.1. The fourth-order valence-electron chi connectivity index (χ4n) is 1.94. The van der Waals surface area contributed by atoms with E-state index in [0.717, 1.165) is 23.9 Å². The van der Waals surface area contributed by atoms with Crippen LogP contribution in [0, 0.1) is 0 Å². The molecule has 0 spiro atoms. The maximum absolute atomic E-state index is 14.0. The van der Waals surface area contributed by atoms with Gasteiger partial charge >= 0.3 is 5.69 Å². The number of halogens is 1. The first-order valence-electron chi connectivity index (χ1n) is 5.42. The minimum Gasteiger partial charge on any atom is -0.391 e. The van der Waals surface area contributed by atoms with E-state index in [0.29, 0.717) is 0 Å². The van der Waals surface area contributed by atoms with E-state index in [9.17, 15) is 19.1 Å². The van der Waals surface area contributed by atoms with Gasteiger partial charge in [0.1, 0.15) is 12.7 Å². The molecule has 0 saturated carbocycles. The summed E-state index contributed by atoms with van der Waals surface area (Å²) in [7, 11) is 1.13. The molecule has 2 rings (SSSR count). The molecule has 1 aromatic heterocycles. The Bertz CT molecular complexity index is 566. The predicted molar refractivity (Wildman–Crippen MR) is 59.2 cm³/mol. The summed E-state index contributed by atoms with van der Waals surface area (Å²) in [5, 5.41) is 18.9. The molecule has 9 heteroatoms. The van der Waals surface area contributed by atoms with Crippen LogP contribution in [-0.2, 0) is 9.47 Å². The third kappa shape index (κ3) is 2.10. The quantitative estimate of drug-likeness (QED) is 0.594. The first-order chi connectivity index (χ1) is 8.95. The van der Waals surface area contributed by atoms with Gasteiger partial charge in [-0.15, -0.1) is 0 Å². The lowest BCUT2D eigenvalue weighted by atomic mass is 10.1. The summed E-state index contributed by atoms with van der Waals surface area (Å²) < 4.78 is 24.7. The number of alkyl halides is 1. The second-order valence-electron chi connectivity index (χ2n) is 4.09. The van der Waals surface area contributed by atoms with E-state index in [1.807, 2.05) is 4.98 Å². The van der Waals surface area contributed by atoms with E-state index in [1.165, 1.54) is 0 Å². The molecule has 1 aromatic rings. The fraction of sp³-hybridized carbons (Fsp3) is 0.600. The van der Waals surface area contributed by atoms with Crippen molar-refractivity contribution in [3.8, 4) is 0 Å². The molecule has 1 fully saturated rings. The number of aliphatic hydroxyl groups excluding tert-OH is 2. The largest absolute Gasteiger partial charge is 0.391 e. The molecule has 3 N–H and O–H groups in total. The normalized spacial score (nSPS) is 34.6. The maximum Gasteiger partial charge on any atom is 0.330 e. The highest BCUT2D eigenvalue weighted by Crippen LogP contribution is 2.38. The van der Waals surface area contributed by atoms with Gasteiger partial charge in [-0.3, -0.25) is 14.3 Å². The van der Waals surface area contributed by atoms with Crippen molar-refractivity contribution in [1.82, 2.24) is 9.55 Å². The van der Waals surface area contributed by atoms with E-state index in [-0.39, 0.29) is 0 Å². The minimum atomic E-state index is -2.00. The van der Waals surface area contributed by atoms with Crippen LogP contribution in [0.3, 0.4) is 0 Å². The average molecular weight is 276 g/mol. The lowest BCUT2D eigenvalue weighted by Gasteiger charge is -2.27. The van der Waals surface area contributed by atoms with Crippen molar-refractivity contribution < 1.29 is 24.1 Å². The molecule has 0 aliphatic carbocycles. The summed E-state index contributed by atoms with van der Waals surface area (Å²) in [4.78, 5) is 24.4. The molecule has 1 aliphatic rings. The first kappa shape index (κ1) is 13.9. The van der Waals surface area contributed by atoms with Crippen LogP contribution >= 0.6 is 0 Å². The van der Waals surface area contributed by atoms with Crippen molar-refractivity contribution >= 4 is 0 Å². The molecule has 0 aromatic carbocycles. The maximum atomic E-state index is 14.0. The van der Waals surface area contributed by atoms with Crippen molar-refractivity contribution in [3.05, 3.63) is 33.1 Å². The second kappa shape index (κ2) is 4.85. The van der Waals surface area contributed by atoms with Crippen LogP contribution in [0.2, 0.25) is 0 Å². The molecule has 19 heavy (non-hydrogen) atoms. The Morgan fingerprint density at radius 3 is 2.79 bits per heavy atom. The average Bonchev–Trinajstić information content (AvgIpc) is 2.64. The van der Waals surface area contributed by atoms with Crippen LogP contribution in [0.1, 0.15) is 6.23 Å². The summed E-state index contributed by atoms with van der Waals surface area (Å²) in [5.74, 6) is -1.94. The van der Waals surface area contributed by atoms with Crippen molar-refractivity contribution in [2.75, 3.05) is 13.7 Å². The van der Waals surface area contributed by atoms with Gasteiger partial charge in [0, 0.05) is 19.4 Å². The Labute approximate surface area is 106 Å². The van der Waals surface area contributed by atoms with E-state index in [1.54, 1.807) is 0 Å². The van der Waals surface area contributed by atoms with Gasteiger partial charge in [0.2, 0.25) is 5.79 Å². The summed E-state index contributed by atoms with van der Waals surface area (Å²) >= 11 is 0. The number of hydrogen-bond acceptors (Lipinski definition) is 6. The molecule has 106 valence electrons. The van der Waals surface area contributed by atoms with Gasteiger partial charge in [0.15, 0.2) is 12.4 Å². The third-order valence-corrected chi connectivity index (χ3v) is 3.04. The van der Waals surface area contributed by atoms with Crippen LogP contribution in [-0.4, -0.2) is 51.5 Å². The Kier molecular flexibility index (Phi) is 3.54. The number of H-pyrrole nitrogens is 1. The third-order valence-electron chi connectivity index (χ3n) is 3.04. The molecular formula is C10H13FN2O6. The van der Waals surface area contributed by atoms with Gasteiger partial charge in [0.25, 0.3) is 5.56 Å². The van der Waals surface area contributed by atoms with E-state index in [4.69, 9.17) is 14.6 Å². The highest BCUT2D eigenvalue weighted by molar-refractivity contribution is 4.97. The van der Waals surface area contributed by atoms with Crippen molar-refractivity contribution in [2.24, 2.45) is 0 Å². The molecule has 0 radical (unpaired) electrons. The summed E-state index contributed by atoms with van der Waals surface area (Å²) in [5.41, 5.74) is -1.53. The van der Waals surface area contributed by atoms with Gasteiger partial charge < -0.3 is 19.7 Å². The number of ether oxygens (including phenoxy) is 2. The van der Waals surface area contributed by atoms with Crippen molar-refractivity contribution in [2.45, 2.75) is 24.3 Å². The number of aromatic nitrogens is 2. The van der Waals surface area contributed by atoms with Gasteiger partial charge in [-0.2, -0.15) is 0 Å². The van der Waals surface area contributed by atoms with Gasteiger partial charge in [-0.1, -0.05) is 0 Å². The fourth-order valence-corrected chi connectivity index (χ4v) is 1.94. The number of nitrogens with zero attached hydrogens (tertiary/aromatic N) is 1. The summed E-state index contributed by atoms with van der Waals surface area (Å²) in [6.45, 7) is -0.792. The smallest absolute Gasteiger partial charge is 0.330 e. The Hall–Kier alpha value is -1.55. The molecule has 8 nitrogen and oxygen atoms in total. The molecule has 4 unspecified atom stereocenters. The molecule has 4 atom stereocenters. The van der Waals surface area contributed by atoms with Crippen LogP contribution in [0.4, 0.5) is 4.39 Å². The monoisotopic (exact) mass is 276 g/mol. The van der Waals surface area contributed by atoms with E-state index >= 15 is 0 Å². The molecular weight excluding hydrogens is 263 g/mol.